The van der Waals surface area contributed by atoms with Crippen LogP contribution in [0.2, 0.25) is 0 Å². The first-order valence-electron chi connectivity index (χ1n) is 9.76. The quantitative estimate of drug-likeness (QED) is 0.649. The van der Waals surface area contributed by atoms with E-state index >= 15 is 0 Å². The molecule has 0 saturated carbocycles. The van der Waals surface area contributed by atoms with Crippen LogP contribution in [0.4, 0.5) is 0 Å². The van der Waals surface area contributed by atoms with Crippen LogP contribution >= 0.6 is 11.3 Å². The summed E-state index contributed by atoms with van der Waals surface area (Å²) in [5.41, 5.74) is 1.35. The Morgan fingerprint density at radius 2 is 2.00 bits per heavy atom. The highest BCUT2D eigenvalue weighted by molar-refractivity contribution is 7.14. The van der Waals surface area contributed by atoms with Crippen molar-refractivity contribution in [1.82, 2.24) is 14.8 Å². The second-order valence-corrected chi connectivity index (χ2v) is 8.74. The third-order valence-corrected chi connectivity index (χ3v) is 6.17. The molecule has 1 aromatic heterocycles. The number of carbonyl (C=O) groups is 2. The van der Waals surface area contributed by atoms with Crippen molar-refractivity contribution < 1.29 is 19.4 Å². The van der Waals surface area contributed by atoms with Crippen molar-refractivity contribution in [2.75, 3.05) is 34.3 Å². The third-order valence-electron chi connectivity index (χ3n) is 5.10. The highest BCUT2D eigenvalue weighted by Gasteiger charge is 2.45. The summed E-state index contributed by atoms with van der Waals surface area (Å²) in [5.74, 6) is -0.835. The lowest BCUT2D eigenvalue weighted by molar-refractivity contribution is -0.129. The number of hydrogen-bond donors (Lipinski definition) is 1. The molecular formula is C22H27N3O4S. The number of hydrogen-bond acceptors (Lipinski definition) is 7. The van der Waals surface area contributed by atoms with Crippen molar-refractivity contribution in [3.8, 4) is 5.75 Å². The molecule has 7 nitrogen and oxygen atoms in total. The Hall–Kier alpha value is -2.71. The van der Waals surface area contributed by atoms with E-state index in [9.17, 15) is 14.7 Å². The minimum atomic E-state index is -0.717. The number of aliphatic hydroxyl groups is 1. The largest absolute Gasteiger partial charge is 0.503 e. The predicted molar refractivity (Wildman–Crippen MR) is 116 cm³/mol. The highest BCUT2D eigenvalue weighted by atomic mass is 32.1. The van der Waals surface area contributed by atoms with Gasteiger partial charge in [0.1, 0.15) is 5.75 Å². The Morgan fingerprint density at radius 3 is 2.60 bits per heavy atom. The van der Waals surface area contributed by atoms with Crippen molar-refractivity contribution in [3.63, 3.8) is 0 Å². The van der Waals surface area contributed by atoms with Gasteiger partial charge in [0.25, 0.3) is 5.91 Å². The monoisotopic (exact) mass is 429 g/mol. The van der Waals surface area contributed by atoms with Crippen molar-refractivity contribution in [1.29, 1.82) is 0 Å². The van der Waals surface area contributed by atoms with Gasteiger partial charge in [-0.05, 0) is 47.0 Å². The number of ketones is 1. The number of para-hydroxylation sites is 1. The van der Waals surface area contributed by atoms with Crippen LogP contribution in [0.3, 0.4) is 0 Å². The summed E-state index contributed by atoms with van der Waals surface area (Å²) in [6.07, 6.45) is 0.706. The van der Waals surface area contributed by atoms with E-state index < -0.39 is 17.7 Å². The van der Waals surface area contributed by atoms with Crippen LogP contribution in [0.15, 0.2) is 35.6 Å². The number of nitrogens with zero attached hydrogens (tertiary/aromatic N) is 3. The van der Waals surface area contributed by atoms with Crippen LogP contribution in [-0.4, -0.2) is 65.9 Å². The molecule has 160 valence electrons. The zero-order valence-corrected chi connectivity index (χ0v) is 18.7. The van der Waals surface area contributed by atoms with Gasteiger partial charge in [0, 0.05) is 12.1 Å². The van der Waals surface area contributed by atoms with Gasteiger partial charge in [-0.1, -0.05) is 18.2 Å². The molecule has 3 rings (SSSR count). The molecule has 1 amide bonds. The standard InChI is InChI=1S/C22H27N3O4S/c1-13-21(30-14(2)23-13)19(26)17-18(15-9-6-7-10-16(15)29-5)25(22(28)20(17)27)12-8-11-24(3)4/h6-7,9-10,18,27H,8,11-12H2,1-5H3/t18-/m1/s1. The van der Waals surface area contributed by atoms with Gasteiger partial charge in [-0.2, -0.15) is 0 Å². The topological polar surface area (TPSA) is 83.0 Å². The van der Waals surface area contributed by atoms with E-state index in [0.717, 1.165) is 11.6 Å². The number of aryl methyl sites for hydroxylation is 2. The maximum atomic E-state index is 13.5. The van der Waals surface area contributed by atoms with Gasteiger partial charge >= 0.3 is 0 Å². The van der Waals surface area contributed by atoms with E-state index in [1.165, 1.54) is 11.3 Å². The number of Topliss-reactive ketones (excluding diaryl/α,β-unsaturated/α-hetero) is 1. The van der Waals surface area contributed by atoms with Crippen LogP contribution in [0.5, 0.6) is 5.75 Å². The minimum absolute atomic E-state index is 0.0844. The molecule has 0 unspecified atom stereocenters. The molecule has 0 fully saturated rings. The Balaban J connectivity index is 2.09. The average Bonchev–Trinajstić information content (AvgIpc) is 3.17. The zero-order chi connectivity index (χ0) is 22.0. The van der Waals surface area contributed by atoms with Gasteiger partial charge in [0.2, 0.25) is 5.78 Å². The third kappa shape index (κ3) is 4.11. The van der Waals surface area contributed by atoms with E-state index in [0.29, 0.717) is 34.8 Å². The first-order chi connectivity index (χ1) is 14.3. The number of carbonyl (C=O) groups excluding carboxylic acids is 2. The maximum Gasteiger partial charge on any atom is 0.290 e. The summed E-state index contributed by atoms with van der Waals surface area (Å²) in [5, 5.41) is 11.5. The maximum absolute atomic E-state index is 13.5. The van der Waals surface area contributed by atoms with Gasteiger partial charge in [-0.25, -0.2) is 4.98 Å². The Kier molecular flexibility index (Phi) is 6.58. The number of aromatic nitrogens is 1. The van der Waals surface area contributed by atoms with E-state index in [1.54, 1.807) is 25.0 Å². The molecule has 0 saturated heterocycles. The van der Waals surface area contributed by atoms with E-state index in [2.05, 4.69) is 4.98 Å². The number of aliphatic hydroxyl groups excluding tert-OH is 1. The second-order valence-electron chi connectivity index (χ2n) is 7.54. The average molecular weight is 430 g/mol. The van der Waals surface area contributed by atoms with Crippen LogP contribution in [0, 0.1) is 13.8 Å². The summed E-state index contributed by atoms with van der Waals surface area (Å²) in [4.78, 5) is 34.8. The molecule has 0 bridgehead atoms. The molecule has 30 heavy (non-hydrogen) atoms. The molecule has 0 aliphatic carbocycles. The lowest BCUT2D eigenvalue weighted by Gasteiger charge is -2.28. The Labute approximate surface area is 180 Å². The van der Waals surface area contributed by atoms with E-state index in [1.807, 2.05) is 44.1 Å². The number of amides is 1. The summed E-state index contributed by atoms with van der Waals surface area (Å²) in [6.45, 7) is 4.77. The molecule has 2 heterocycles. The Morgan fingerprint density at radius 1 is 1.30 bits per heavy atom. The van der Waals surface area contributed by atoms with E-state index in [4.69, 9.17) is 4.74 Å². The molecule has 1 N–H and O–H groups in total. The Bertz CT molecular complexity index is 996. The first-order valence-corrected chi connectivity index (χ1v) is 10.6. The SMILES string of the molecule is COc1ccccc1[C@@H]1C(C(=O)c2sc(C)nc2C)=C(O)C(=O)N1CCCN(C)C. The minimum Gasteiger partial charge on any atom is -0.503 e. The van der Waals surface area contributed by atoms with Crippen molar-refractivity contribution in [2.45, 2.75) is 26.3 Å². The normalized spacial score (nSPS) is 16.7. The molecule has 1 aliphatic rings. The number of rotatable bonds is 8. The molecular weight excluding hydrogens is 402 g/mol. The number of methoxy groups -OCH3 is 1. The fourth-order valence-corrected chi connectivity index (χ4v) is 4.63. The van der Waals surface area contributed by atoms with Crippen LogP contribution in [0.1, 0.15) is 38.4 Å². The van der Waals surface area contributed by atoms with Crippen LogP contribution in [-0.2, 0) is 4.79 Å². The molecule has 1 atom stereocenters. The van der Waals surface area contributed by atoms with Crippen LogP contribution < -0.4 is 4.74 Å². The van der Waals surface area contributed by atoms with E-state index in [-0.39, 0.29) is 11.4 Å². The zero-order valence-electron chi connectivity index (χ0n) is 17.9. The molecule has 1 aliphatic heterocycles. The summed E-state index contributed by atoms with van der Waals surface area (Å²) in [7, 11) is 5.47. The fourth-order valence-electron chi connectivity index (χ4n) is 3.75. The van der Waals surface area contributed by atoms with Gasteiger partial charge in [0.15, 0.2) is 5.76 Å². The number of ether oxygens (including phenoxy) is 1. The van der Waals surface area contributed by atoms with Gasteiger partial charge in [-0.3, -0.25) is 9.59 Å². The lowest BCUT2D eigenvalue weighted by atomic mass is 9.94. The van der Waals surface area contributed by atoms with Crippen molar-refractivity contribution in [2.24, 2.45) is 0 Å². The van der Waals surface area contributed by atoms with Crippen molar-refractivity contribution >= 4 is 23.0 Å². The summed E-state index contributed by atoms with van der Waals surface area (Å²) < 4.78 is 5.51. The van der Waals surface area contributed by atoms with Crippen molar-refractivity contribution in [3.05, 3.63) is 56.7 Å². The number of thiazole rings is 1. The smallest absolute Gasteiger partial charge is 0.290 e. The molecule has 2 aromatic rings. The second kappa shape index (κ2) is 8.97. The fraction of sp³-hybridized carbons (Fsp3) is 0.409. The lowest BCUT2D eigenvalue weighted by Crippen LogP contribution is -2.33. The van der Waals surface area contributed by atoms with Crippen LogP contribution in [0.25, 0.3) is 0 Å². The first kappa shape index (κ1) is 22.0. The number of benzene rings is 1. The highest BCUT2D eigenvalue weighted by Crippen LogP contribution is 2.43. The van der Waals surface area contributed by atoms with Gasteiger partial charge in [0.05, 0.1) is 34.3 Å². The summed E-state index contributed by atoms with van der Waals surface area (Å²) >= 11 is 1.27. The van der Waals surface area contributed by atoms with Gasteiger partial charge < -0.3 is 19.6 Å². The molecule has 1 aromatic carbocycles. The molecule has 8 heteroatoms. The van der Waals surface area contributed by atoms with Gasteiger partial charge in [-0.15, -0.1) is 11.3 Å². The summed E-state index contributed by atoms with van der Waals surface area (Å²) in [6, 6.07) is 6.56. The molecule has 0 spiro atoms. The predicted octanol–water partition coefficient (Wildman–Crippen LogP) is 3.30. The molecule has 0 radical (unpaired) electrons.